The lowest BCUT2D eigenvalue weighted by atomic mass is 10.1. The molecule has 7 nitrogen and oxygen atoms in total. The molecule has 3 heterocycles. The first-order chi connectivity index (χ1) is 15.3. The van der Waals surface area contributed by atoms with Crippen LogP contribution >= 0.6 is 0 Å². The topological polar surface area (TPSA) is 72.3 Å². The quantitative estimate of drug-likeness (QED) is 0.542. The summed E-state index contributed by atoms with van der Waals surface area (Å²) in [5.41, 5.74) is 3.56. The number of amides is 1. The van der Waals surface area contributed by atoms with Crippen LogP contribution < -0.4 is 10.2 Å². The Hall–Kier alpha value is -3.71. The molecule has 0 aliphatic carbocycles. The van der Waals surface area contributed by atoms with Crippen molar-refractivity contribution >= 4 is 28.3 Å². The Labute approximate surface area is 180 Å². The van der Waals surface area contributed by atoms with Crippen molar-refractivity contribution < 1.29 is 9.53 Å². The van der Waals surface area contributed by atoms with Gasteiger partial charge in [-0.3, -0.25) is 14.5 Å². The van der Waals surface area contributed by atoms with E-state index in [1.165, 1.54) is 0 Å². The van der Waals surface area contributed by atoms with E-state index in [2.05, 4.69) is 20.3 Å². The van der Waals surface area contributed by atoms with Crippen LogP contribution in [0, 0.1) is 0 Å². The molecule has 0 unspecified atom stereocenters. The van der Waals surface area contributed by atoms with Crippen molar-refractivity contribution in [1.29, 1.82) is 0 Å². The molecule has 0 saturated carbocycles. The third-order valence-electron chi connectivity index (χ3n) is 5.43. The number of anilines is 2. The Balaban J connectivity index is 1.37. The largest absolute Gasteiger partial charge is 0.378 e. The lowest BCUT2D eigenvalue weighted by Crippen LogP contribution is -2.36. The normalized spacial score (nSPS) is 14.0. The van der Waals surface area contributed by atoms with Crippen LogP contribution in [0.15, 0.2) is 72.9 Å². The first-order valence-corrected chi connectivity index (χ1v) is 10.4. The molecule has 0 bridgehead atoms. The minimum absolute atomic E-state index is 0.179. The number of fused-ring (bicyclic) bond motifs is 1. The van der Waals surface area contributed by atoms with E-state index < -0.39 is 0 Å². The molecule has 0 atom stereocenters. The van der Waals surface area contributed by atoms with Crippen LogP contribution in [0.2, 0.25) is 0 Å². The predicted octanol–water partition coefficient (Wildman–Crippen LogP) is 3.57. The number of hydrogen-bond acceptors (Lipinski definition) is 5. The van der Waals surface area contributed by atoms with E-state index in [0.717, 1.165) is 48.6 Å². The summed E-state index contributed by atoms with van der Waals surface area (Å²) in [6.45, 7) is 3.73. The van der Waals surface area contributed by atoms with Crippen molar-refractivity contribution in [2.24, 2.45) is 0 Å². The highest BCUT2D eigenvalue weighted by Crippen LogP contribution is 2.24. The fourth-order valence-electron chi connectivity index (χ4n) is 3.81. The van der Waals surface area contributed by atoms with Crippen LogP contribution in [-0.4, -0.2) is 47.0 Å². The predicted molar refractivity (Wildman–Crippen MR) is 120 cm³/mol. The zero-order chi connectivity index (χ0) is 21.0. The van der Waals surface area contributed by atoms with Gasteiger partial charge in [-0.15, -0.1) is 0 Å². The number of pyridine rings is 1. The molecular formula is C24H23N5O2. The van der Waals surface area contributed by atoms with Gasteiger partial charge in [-0.2, -0.15) is 5.10 Å². The average molecular weight is 413 g/mol. The Morgan fingerprint density at radius 2 is 1.74 bits per heavy atom. The lowest BCUT2D eigenvalue weighted by Gasteiger charge is -2.28. The molecule has 1 aliphatic rings. The highest BCUT2D eigenvalue weighted by atomic mass is 16.5. The molecule has 1 fully saturated rings. The van der Waals surface area contributed by atoms with Gasteiger partial charge in [0.25, 0.3) is 5.91 Å². The second-order valence-corrected chi connectivity index (χ2v) is 7.44. The number of carbonyl (C=O) groups excluding carboxylic acids is 1. The smallest absolute Gasteiger partial charge is 0.256 e. The minimum Gasteiger partial charge on any atom is -0.378 e. The molecule has 1 amide bonds. The highest BCUT2D eigenvalue weighted by molar-refractivity contribution is 6.08. The number of ether oxygens (including phenoxy) is 1. The van der Waals surface area contributed by atoms with Crippen molar-refractivity contribution in [1.82, 2.24) is 14.8 Å². The van der Waals surface area contributed by atoms with E-state index in [0.29, 0.717) is 17.9 Å². The average Bonchev–Trinajstić information content (AvgIpc) is 3.17. The van der Waals surface area contributed by atoms with E-state index in [1.54, 1.807) is 6.20 Å². The number of morpholine rings is 1. The van der Waals surface area contributed by atoms with Gasteiger partial charge in [0.1, 0.15) is 0 Å². The van der Waals surface area contributed by atoms with Crippen LogP contribution in [-0.2, 0) is 11.3 Å². The molecule has 1 N–H and O–H groups in total. The first-order valence-electron chi connectivity index (χ1n) is 10.4. The Morgan fingerprint density at radius 3 is 2.52 bits per heavy atom. The number of nitrogens with zero attached hydrogens (tertiary/aromatic N) is 4. The molecule has 2 aromatic heterocycles. The summed E-state index contributed by atoms with van der Waals surface area (Å²) in [7, 11) is 0. The van der Waals surface area contributed by atoms with Crippen LogP contribution in [0.3, 0.4) is 0 Å². The summed E-state index contributed by atoms with van der Waals surface area (Å²) in [5, 5.41) is 8.54. The van der Waals surface area contributed by atoms with Gasteiger partial charge in [0, 0.05) is 35.9 Å². The third-order valence-corrected chi connectivity index (χ3v) is 5.43. The van der Waals surface area contributed by atoms with Crippen molar-refractivity contribution in [3.8, 4) is 0 Å². The Kier molecular flexibility index (Phi) is 5.33. The van der Waals surface area contributed by atoms with Gasteiger partial charge in [-0.1, -0.05) is 18.2 Å². The molecule has 2 aromatic carbocycles. The van der Waals surface area contributed by atoms with E-state index in [1.807, 2.05) is 71.4 Å². The summed E-state index contributed by atoms with van der Waals surface area (Å²) in [5.74, 6) is 0.371. The van der Waals surface area contributed by atoms with Crippen LogP contribution in [0.4, 0.5) is 11.5 Å². The number of aromatic nitrogens is 3. The van der Waals surface area contributed by atoms with E-state index in [9.17, 15) is 4.79 Å². The molecule has 156 valence electrons. The number of nitrogens with one attached hydrogen (secondary N) is 1. The lowest BCUT2D eigenvalue weighted by molar-refractivity contribution is 0.102. The first kappa shape index (κ1) is 19.3. The number of para-hydroxylation sites is 1. The third kappa shape index (κ3) is 4.13. The van der Waals surface area contributed by atoms with Gasteiger partial charge >= 0.3 is 0 Å². The Bertz CT molecular complexity index is 1180. The zero-order valence-electron chi connectivity index (χ0n) is 17.1. The maximum Gasteiger partial charge on any atom is 0.256 e. The van der Waals surface area contributed by atoms with Crippen molar-refractivity contribution in [3.05, 3.63) is 84.2 Å². The number of hydrogen-bond donors (Lipinski definition) is 1. The highest BCUT2D eigenvalue weighted by Gasteiger charge is 2.16. The molecule has 1 aliphatic heterocycles. The molecule has 1 saturated heterocycles. The maximum absolute atomic E-state index is 12.9. The SMILES string of the molecule is O=C(Nc1nn(Cc2ccccn2)c2ccccc12)c1ccc(N2CCOCC2)cc1. The summed E-state index contributed by atoms with van der Waals surface area (Å²) in [6, 6.07) is 21.4. The van der Waals surface area contributed by atoms with Crippen LogP contribution in [0.25, 0.3) is 10.9 Å². The van der Waals surface area contributed by atoms with Crippen molar-refractivity contribution in [2.45, 2.75) is 6.54 Å². The minimum atomic E-state index is -0.179. The molecule has 31 heavy (non-hydrogen) atoms. The van der Waals surface area contributed by atoms with Gasteiger partial charge in [0.05, 0.1) is 31.0 Å². The second kappa shape index (κ2) is 8.57. The molecule has 4 aromatic rings. The molecular weight excluding hydrogens is 390 g/mol. The van der Waals surface area contributed by atoms with Crippen LogP contribution in [0.1, 0.15) is 16.1 Å². The second-order valence-electron chi connectivity index (χ2n) is 7.44. The van der Waals surface area contributed by atoms with Gasteiger partial charge in [-0.05, 0) is 48.5 Å². The van der Waals surface area contributed by atoms with Gasteiger partial charge in [0.15, 0.2) is 5.82 Å². The van der Waals surface area contributed by atoms with Crippen molar-refractivity contribution in [2.75, 3.05) is 36.5 Å². The number of benzene rings is 2. The molecule has 5 rings (SSSR count). The van der Waals surface area contributed by atoms with Crippen LogP contribution in [0.5, 0.6) is 0 Å². The maximum atomic E-state index is 12.9. The Morgan fingerprint density at radius 1 is 0.968 bits per heavy atom. The van der Waals surface area contributed by atoms with Gasteiger partial charge in [-0.25, -0.2) is 0 Å². The fraction of sp³-hybridized carbons (Fsp3) is 0.208. The van der Waals surface area contributed by atoms with Gasteiger partial charge in [0.2, 0.25) is 0 Å². The molecule has 0 radical (unpaired) electrons. The van der Waals surface area contributed by atoms with Gasteiger partial charge < -0.3 is 15.0 Å². The molecule has 7 heteroatoms. The fourth-order valence-corrected chi connectivity index (χ4v) is 3.81. The summed E-state index contributed by atoms with van der Waals surface area (Å²) >= 11 is 0. The van der Waals surface area contributed by atoms with Crippen molar-refractivity contribution in [3.63, 3.8) is 0 Å². The monoisotopic (exact) mass is 413 g/mol. The van der Waals surface area contributed by atoms with E-state index >= 15 is 0 Å². The summed E-state index contributed by atoms with van der Waals surface area (Å²) in [4.78, 5) is 19.6. The summed E-state index contributed by atoms with van der Waals surface area (Å²) < 4.78 is 7.28. The number of rotatable bonds is 5. The molecule has 0 spiro atoms. The zero-order valence-corrected chi connectivity index (χ0v) is 17.1. The number of carbonyl (C=O) groups is 1. The summed E-state index contributed by atoms with van der Waals surface area (Å²) in [6.07, 6.45) is 1.77. The van der Waals surface area contributed by atoms with E-state index in [4.69, 9.17) is 4.74 Å². The van der Waals surface area contributed by atoms with E-state index in [-0.39, 0.29) is 5.91 Å². The standard InChI is InChI=1S/C24H23N5O2/c30-24(18-8-10-20(11-9-18)28-13-15-31-16-14-28)26-23-21-6-1-2-7-22(21)29(27-23)17-19-5-3-4-12-25-19/h1-12H,13-17H2,(H,26,27,30).